The predicted molar refractivity (Wildman–Crippen MR) is 140 cm³/mol. The van der Waals surface area contributed by atoms with Crippen LogP contribution in [-0.2, 0) is 16.2 Å². The third-order valence-corrected chi connectivity index (χ3v) is 9.51. The van der Waals surface area contributed by atoms with E-state index >= 15 is 0 Å². The number of hydrogen-bond acceptors (Lipinski definition) is 5. The zero-order chi connectivity index (χ0) is 28.4. The minimum Gasteiger partial charge on any atom is -0.487 e. The number of anilines is 1. The predicted octanol–water partition coefficient (Wildman–Crippen LogP) is 4.82. The first kappa shape index (κ1) is 29.1. The molecular weight excluding hydrogens is 538 g/mol. The molecule has 0 unspecified atom stereocenters. The zero-order valence-electron chi connectivity index (χ0n) is 21.9. The van der Waals surface area contributed by atoms with Crippen molar-refractivity contribution in [1.29, 1.82) is 0 Å². The number of hydrogen-bond donors (Lipinski definition) is 1. The number of benzene rings is 2. The molecule has 39 heavy (non-hydrogen) atoms. The van der Waals surface area contributed by atoms with Gasteiger partial charge >= 0.3 is 6.18 Å². The van der Waals surface area contributed by atoms with Crippen LogP contribution in [0, 0.1) is 5.82 Å². The topological polar surface area (TPSA) is 79.0 Å². The Kier molecular flexibility index (Phi) is 8.75. The molecule has 2 aromatic carbocycles. The van der Waals surface area contributed by atoms with Gasteiger partial charge in [-0.3, -0.25) is 4.79 Å². The van der Waals surface area contributed by atoms with Gasteiger partial charge in [0.15, 0.2) is 11.6 Å². The average Bonchev–Trinajstić information content (AvgIpc) is 2.90. The van der Waals surface area contributed by atoms with Gasteiger partial charge in [0.25, 0.3) is 5.91 Å². The largest absolute Gasteiger partial charge is 0.487 e. The maximum atomic E-state index is 14.8. The maximum Gasteiger partial charge on any atom is 0.416 e. The Morgan fingerprint density at radius 1 is 0.974 bits per heavy atom. The molecule has 12 heteroatoms. The van der Waals surface area contributed by atoms with E-state index in [1.54, 1.807) is 13.8 Å². The van der Waals surface area contributed by atoms with E-state index in [9.17, 15) is 30.8 Å². The van der Waals surface area contributed by atoms with Crippen molar-refractivity contribution < 1.29 is 35.5 Å². The normalized spacial score (nSPS) is 18.4. The highest BCUT2D eigenvalue weighted by atomic mass is 32.2. The monoisotopic (exact) mass is 571 g/mol. The zero-order valence-corrected chi connectivity index (χ0v) is 22.7. The molecule has 0 aromatic heterocycles. The Labute approximate surface area is 226 Å². The van der Waals surface area contributed by atoms with E-state index in [1.165, 1.54) is 28.6 Å². The van der Waals surface area contributed by atoms with E-state index in [-0.39, 0.29) is 23.5 Å². The number of rotatable bonds is 7. The Hall–Kier alpha value is -2.86. The van der Waals surface area contributed by atoms with Gasteiger partial charge in [-0.25, -0.2) is 17.1 Å². The summed E-state index contributed by atoms with van der Waals surface area (Å²) in [7, 11) is -3.33. The van der Waals surface area contributed by atoms with Crippen LogP contribution in [-0.4, -0.2) is 62.2 Å². The summed E-state index contributed by atoms with van der Waals surface area (Å²) in [5.41, 5.74) is 0.143. The molecule has 2 saturated heterocycles. The smallest absolute Gasteiger partial charge is 0.416 e. The van der Waals surface area contributed by atoms with Gasteiger partial charge in [0.2, 0.25) is 10.0 Å². The van der Waals surface area contributed by atoms with E-state index in [0.717, 1.165) is 18.2 Å². The summed E-state index contributed by atoms with van der Waals surface area (Å²) >= 11 is 0. The molecule has 0 atom stereocenters. The molecule has 0 radical (unpaired) electrons. The lowest BCUT2D eigenvalue weighted by Crippen LogP contribution is -2.48. The quantitative estimate of drug-likeness (QED) is 0.482. The Morgan fingerprint density at radius 2 is 1.59 bits per heavy atom. The Morgan fingerprint density at radius 3 is 2.13 bits per heavy atom. The highest BCUT2D eigenvalue weighted by Crippen LogP contribution is 2.31. The summed E-state index contributed by atoms with van der Waals surface area (Å²) in [6.07, 6.45) is -2.56. The van der Waals surface area contributed by atoms with Crippen LogP contribution in [0.15, 0.2) is 42.5 Å². The third kappa shape index (κ3) is 7.02. The number of alkyl halides is 3. The van der Waals surface area contributed by atoms with Crippen LogP contribution in [0.5, 0.6) is 5.75 Å². The molecule has 2 aliphatic rings. The van der Waals surface area contributed by atoms with E-state index in [4.69, 9.17) is 4.74 Å². The lowest BCUT2D eigenvalue weighted by Gasteiger charge is -2.34. The lowest BCUT2D eigenvalue weighted by molar-refractivity contribution is -0.137. The first-order chi connectivity index (χ1) is 18.3. The summed E-state index contributed by atoms with van der Waals surface area (Å²) < 4.78 is 85.1. The maximum absolute atomic E-state index is 14.8. The van der Waals surface area contributed by atoms with E-state index in [2.05, 4.69) is 5.32 Å². The minimum atomic E-state index is -4.38. The number of carbonyl (C=O) groups is 1. The first-order valence-electron chi connectivity index (χ1n) is 13.0. The minimum absolute atomic E-state index is 0.0340. The number of nitrogens with zero attached hydrogens (tertiary/aromatic N) is 2. The van der Waals surface area contributed by atoms with Gasteiger partial charge in [-0.1, -0.05) is 0 Å². The van der Waals surface area contributed by atoms with Gasteiger partial charge in [-0.15, -0.1) is 0 Å². The second-order valence-corrected chi connectivity index (χ2v) is 12.7. The summed E-state index contributed by atoms with van der Waals surface area (Å²) in [6.45, 7) is 5.02. The summed E-state index contributed by atoms with van der Waals surface area (Å²) in [5.74, 6) is -1.06. The highest BCUT2D eigenvalue weighted by Gasteiger charge is 2.32. The van der Waals surface area contributed by atoms with Gasteiger partial charge in [0.1, 0.15) is 6.10 Å². The van der Waals surface area contributed by atoms with Crippen molar-refractivity contribution in [2.45, 2.75) is 63.1 Å². The molecule has 2 heterocycles. The molecule has 0 aliphatic carbocycles. The van der Waals surface area contributed by atoms with Crippen molar-refractivity contribution >= 4 is 21.6 Å². The molecule has 1 amide bonds. The standard InChI is InChI=1S/C27H33F4N3O4S/c1-18(2)39(36,37)34-15-9-21(10-16-34)32-26(35)19-3-8-25(24(28)17-19)38-23-11-13-33(14-12-23)22-6-4-20(5-7-22)27(29,30)31/h3-8,17-18,21,23H,9-16H2,1-2H3,(H,32,35). The van der Waals surface area contributed by atoms with Crippen LogP contribution in [0.2, 0.25) is 0 Å². The van der Waals surface area contributed by atoms with Crippen LogP contribution in [0.25, 0.3) is 0 Å². The van der Waals surface area contributed by atoms with Gasteiger partial charge in [-0.2, -0.15) is 13.2 Å². The van der Waals surface area contributed by atoms with E-state index in [1.807, 2.05) is 4.90 Å². The molecule has 7 nitrogen and oxygen atoms in total. The van der Waals surface area contributed by atoms with Crippen molar-refractivity contribution in [2.75, 3.05) is 31.1 Å². The molecule has 214 valence electrons. The number of carbonyl (C=O) groups excluding carboxylic acids is 1. The van der Waals surface area contributed by atoms with Crippen LogP contribution >= 0.6 is 0 Å². The van der Waals surface area contributed by atoms with Crippen LogP contribution < -0.4 is 15.0 Å². The van der Waals surface area contributed by atoms with Crippen molar-refractivity contribution in [3.63, 3.8) is 0 Å². The van der Waals surface area contributed by atoms with Crippen molar-refractivity contribution in [2.24, 2.45) is 0 Å². The van der Waals surface area contributed by atoms with Gasteiger partial charge in [0, 0.05) is 56.3 Å². The number of piperidine rings is 2. The Bertz CT molecular complexity index is 1250. The second kappa shape index (κ2) is 11.7. The number of nitrogens with one attached hydrogen (secondary N) is 1. The number of ether oxygens (including phenoxy) is 1. The number of halogens is 4. The molecular formula is C27H33F4N3O4S. The fourth-order valence-electron chi connectivity index (χ4n) is 4.83. The molecule has 2 aliphatic heterocycles. The molecule has 0 bridgehead atoms. The molecule has 4 rings (SSSR count). The van der Waals surface area contributed by atoms with E-state index < -0.39 is 38.7 Å². The second-order valence-electron chi connectivity index (χ2n) is 10.2. The van der Waals surface area contributed by atoms with Gasteiger partial charge in [-0.05, 0) is 69.2 Å². The van der Waals surface area contributed by atoms with Crippen LogP contribution in [0.1, 0.15) is 55.5 Å². The number of amides is 1. The van der Waals surface area contributed by atoms with Crippen LogP contribution in [0.3, 0.4) is 0 Å². The van der Waals surface area contributed by atoms with Crippen molar-refractivity contribution in [3.8, 4) is 5.75 Å². The van der Waals surface area contributed by atoms with Crippen molar-refractivity contribution in [3.05, 3.63) is 59.4 Å². The first-order valence-corrected chi connectivity index (χ1v) is 14.5. The molecule has 2 fully saturated rings. The molecule has 0 saturated carbocycles. The summed E-state index contributed by atoms with van der Waals surface area (Å²) in [4.78, 5) is 14.6. The summed E-state index contributed by atoms with van der Waals surface area (Å²) in [6, 6.07) is 8.85. The fraction of sp³-hybridized carbons (Fsp3) is 0.519. The molecule has 1 N–H and O–H groups in total. The molecule has 0 spiro atoms. The van der Waals surface area contributed by atoms with E-state index in [0.29, 0.717) is 57.5 Å². The SMILES string of the molecule is CC(C)S(=O)(=O)N1CCC(NC(=O)c2ccc(OC3CCN(c4ccc(C(F)(F)F)cc4)CC3)c(F)c2)CC1. The Balaban J connectivity index is 1.26. The van der Waals surface area contributed by atoms with Gasteiger partial charge < -0.3 is 15.0 Å². The van der Waals surface area contributed by atoms with Gasteiger partial charge in [0.05, 0.1) is 10.8 Å². The fourth-order valence-corrected chi connectivity index (χ4v) is 6.15. The number of sulfonamides is 1. The summed E-state index contributed by atoms with van der Waals surface area (Å²) in [5, 5.41) is 2.36. The van der Waals surface area contributed by atoms with Crippen molar-refractivity contribution in [1.82, 2.24) is 9.62 Å². The third-order valence-electron chi connectivity index (χ3n) is 7.23. The molecule has 2 aromatic rings. The van der Waals surface area contributed by atoms with Crippen LogP contribution in [0.4, 0.5) is 23.2 Å². The highest BCUT2D eigenvalue weighted by molar-refractivity contribution is 7.89. The lowest BCUT2D eigenvalue weighted by atomic mass is 10.1. The average molecular weight is 572 g/mol.